The molecule has 249 valence electrons. The van der Waals surface area contributed by atoms with E-state index < -0.39 is 13.3 Å². The van der Waals surface area contributed by atoms with Crippen molar-refractivity contribution in [1.29, 1.82) is 0 Å². The summed E-state index contributed by atoms with van der Waals surface area (Å²) in [5.74, 6) is 9.25. The van der Waals surface area contributed by atoms with Gasteiger partial charge in [-0.25, -0.2) is 4.98 Å². The predicted molar refractivity (Wildman–Crippen MR) is 199 cm³/mol. The van der Waals surface area contributed by atoms with Crippen molar-refractivity contribution in [3.05, 3.63) is 108 Å². The summed E-state index contributed by atoms with van der Waals surface area (Å²) in [6.07, 6.45) is 5.04. The van der Waals surface area contributed by atoms with Crippen molar-refractivity contribution in [2.75, 3.05) is 0 Å². The fourth-order valence-corrected chi connectivity index (χ4v) is 9.71. The second-order valence-electron chi connectivity index (χ2n) is 14.0. The summed E-state index contributed by atoms with van der Waals surface area (Å²) in [6, 6.07) is 31.5. The Morgan fingerprint density at radius 3 is 2.38 bits per heavy atom. The van der Waals surface area contributed by atoms with Crippen molar-refractivity contribution in [2.45, 2.75) is 70.8 Å². The normalized spacial score (nSPS) is 11.7. The molecule has 0 aliphatic carbocycles. The van der Waals surface area contributed by atoms with Crippen LogP contribution in [0.5, 0.6) is 0 Å². The van der Waals surface area contributed by atoms with Crippen LogP contribution in [-0.4, -0.2) is 32.8 Å². The number of hydrogen-bond donors (Lipinski definition) is 0. The number of benzene rings is 3. The van der Waals surface area contributed by atoms with E-state index in [0.717, 1.165) is 63.0 Å². The standard InChI is InChI=1S/C23H20N3O.C18H24GeN.Ir/c1-4-26-19-10-6-5-9-18(19)25-22(26)17-12-11-15(14(2)3)20-16-8-7-13-24-23(16)27-21(17)20;1-14(2)11-16-12-18(15-9-7-6-8-10-15)20-13-17(16)19(3,4)5;/h5-11,13-14H,4H2,1-3H3;6-9,12-14H,11H2,1-5H3;/q2*-1;. The van der Waals surface area contributed by atoms with Gasteiger partial charge in [0.15, 0.2) is 0 Å². The number of aromatic nitrogens is 4. The van der Waals surface area contributed by atoms with E-state index in [1.807, 2.05) is 42.5 Å². The van der Waals surface area contributed by atoms with Gasteiger partial charge in [-0.05, 0) is 31.2 Å². The molecule has 1 radical (unpaired) electrons. The van der Waals surface area contributed by atoms with Crippen molar-refractivity contribution in [2.24, 2.45) is 5.92 Å². The number of hydrogen-bond acceptors (Lipinski definition) is 4. The van der Waals surface area contributed by atoms with E-state index in [9.17, 15) is 0 Å². The Hall–Kier alpha value is -3.58. The zero-order valence-corrected chi connectivity index (χ0v) is 33.7. The maximum absolute atomic E-state index is 6.23. The number of para-hydroxylation sites is 2. The third-order valence-electron chi connectivity index (χ3n) is 8.58. The van der Waals surface area contributed by atoms with E-state index in [2.05, 4.69) is 110 Å². The molecule has 0 saturated heterocycles. The molecule has 7 heteroatoms. The number of nitrogens with zero attached hydrogens (tertiary/aromatic N) is 4. The summed E-state index contributed by atoms with van der Waals surface area (Å²) in [7, 11) is 0. The Balaban J connectivity index is 0.000000193. The van der Waals surface area contributed by atoms with Crippen LogP contribution in [0.1, 0.15) is 51.7 Å². The maximum Gasteiger partial charge on any atom is 0.216 e. The number of furan rings is 1. The van der Waals surface area contributed by atoms with E-state index in [0.29, 0.717) is 17.5 Å². The Kier molecular flexibility index (Phi) is 11.1. The fourth-order valence-electron chi connectivity index (χ4n) is 6.37. The molecule has 7 aromatic rings. The molecule has 3 aromatic carbocycles. The molecule has 0 aliphatic heterocycles. The third kappa shape index (κ3) is 7.22. The van der Waals surface area contributed by atoms with Gasteiger partial charge >= 0.3 is 126 Å². The van der Waals surface area contributed by atoms with Crippen LogP contribution in [0.3, 0.4) is 0 Å². The molecule has 0 aliphatic rings. The van der Waals surface area contributed by atoms with Gasteiger partial charge in [-0.3, -0.25) is 4.98 Å². The quantitative estimate of drug-likeness (QED) is 0.118. The molecule has 7 rings (SSSR count). The first kappa shape index (κ1) is 35.7. The van der Waals surface area contributed by atoms with Crippen LogP contribution < -0.4 is 4.40 Å². The molecule has 0 bridgehead atoms. The van der Waals surface area contributed by atoms with Crippen molar-refractivity contribution < 1.29 is 24.5 Å². The van der Waals surface area contributed by atoms with E-state index in [1.165, 1.54) is 11.1 Å². The molecular formula is C41H44GeIrN4O-2. The van der Waals surface area contributed by atoms with Gasteiger partial charge in [-0.1, -0.05) is 42.8 Å². The molecule has 0 unspecified atom stereocenters. The van der Waals surface area contributed by atoms with Crippen molar-refractivity contribution in [1.82, 2.24) is 19.5 Å². The summed E-state index contributed by atoms with van der Waals surface area (Å²) >= 11 is -1.86. The van der Waals surface area contributed by atoms with Crippen molar-refractivity contribution in [3.8, 4) is 22.6 Å². The molecule has 0 amide bonds. The number of rotatable bonds is 7. The van der Waals surface area contributed by atoms with E-state index in [-0.39, 0.29) is 20.1 Å². The molecule has 4 heterocycles. The molecule has 0 saturated carbocycles. The summed E-state index contributed by atoms with van der Waals surface area (Å²) in [4.78, 5) is 14.0. The minimum atomic E-state index is -1.86. The van der Waals surface area contributed by atoms with Crippen LogP contribution in [0.2, 0.25) is 17.3 Å². The summed E-state index contributed by atoms with van der Waals surface area (Å²) in [5.41, 5.74) is 9.34. The largest absolute Gasteiger partial charge is 0.486 e. The van der Waals surface area contributed by atoms with Gasteiger partial charge < -0.3 is 8.98 Å². The average Bonchev–Trinajstić information content (AvgIpc) is 3.63. The predicted octanol–water partition coefficient (Wildman–Crippen LogP) is 10.2. The van der Waals surface area contributed by atoms with E-state index in [4.69, 9.17) is 14.4 Å². The number of aryl methyl sites for hydroxylation is 1. The molecule has 4 aromatic heterocycles. The Bertz CT molecular complexity index is 2160. The Labute approximate surface area is 300 Å². The summed E-state index contributed by atoms with van der Waals surface area (Å²) in [5, 5.41) is 2.17. The monoisotopic (exact) mass is 875 g/mol. The zero-order chi connectivity index (χ0) is 33.3. The molecule has 0 N–H and O–H groups in total. The third-order valence-corrected chi connectivity index (χ3v) is 12.9. The molecule has 48 heavy (non-hydrogen) atoms. The van der Waals surface area contributed by atoms with Crippen molar-refractivity contribution in [3.63, 3.8) is 0 Å². The van der Waals surface area contributed by atoms with E-state index >= 15 is 0 Å². The smallest absolute Gasteiger partial charge is 0.216 e. The first-order valence-electron chi connectivity index (χ1n) is 16.7. The van der Waals surface area contributed by atoms with Gasteiger partial charge in [0.2, 0.25) is 5.71 Å². The Morgan fingerprint density at radius 1 is 0.917 bits per heavy atom. The van der Waals surface area contributed by atoms with Crippen LogP contribution >= 0.6 is 0 Å². The topological polar surface area (TPSA) is 56.7 Å². The minimum Gasteiger partial charge on any atom is -0.486 e. The van der Waals surface area contributed by atoms with Gasteiger partial charge in [0, 0.05) is 38.2 Å². The zero-order valence-electron chi connectivity index (χ0n) is 29.2. The Morgan fingerprint density at radius 2 is 1.69 bits per heavy atom. The van der Waals surface area contributed by atoms with Gasteiger partial charge in [0.25, 0.3) is 0 Å². The van der Waals surface area contributed by atoms with Gasteiger partial charge in [0.05, 0.1) is 22.4 Å². The first-order chi connectivity index (χ1) is 22.6. The molecule has 0 spiro atoms. The number of pyridine rings is 2. The van der Waals surface area contributed by atoms with Gasteiger partial charge in [-0.15, -0.1) is 17.7 Å². The van der Waals surface area contributed by atoms with Gasteiger partial charge in [-0.2, -0.15) is 0 Å². The number of imidazole rings is 1. The molecular weight excluding hydrogens is 829 g/mol. The van der Waals surface area contributed by atoms with Crippen LogP contribution in [0.4, 0.5) is 0 Å². The SMILES string of the molecule is CC(C)Cc1cc(-c2[c-]cccc2)nc[c]1[Ge]([CH3])([CH3])[CH3].CCn1c(-c2[c-]cc(C(C)C)c3c2oc2ncccc23)nc2ccccc21.[Ir]. The number of fused-ring (bicyclic) bond motifs is 4. The summed E-state index contributed by atoms with van der Waals surface area (Å²) < 4.78 is 9.99. The summed E-state index contributed by atoms with van der Waals surface area (Å²) in [6.45, 7) is 11.9. The second kappa shape index (κ2) is 14.9. The fraction of sp³-hybridized carbons (Fsp3) is 0.293. The second-order valence-corrected chi connectivity index (χ2v) is 24.5. The van der Waals surface area contributed by atoms with Crippen LogP contribution in [0, 0.1) is 18.1 Å². The molecule has 0 fully saturated rings. The van der Waals surface area contributed by atoms with E-state index in [1.54, 1.807) is 10.6 Å². The molecule has 0 atom stereocenters. The maximum atomic E-state index is 6.23. The minimum absolute atomic E-state index is 0. The average molecular weight is 874 g/mol. The first-order valence-corrected chi connectivity index (χ1v) is 24.0. The molecule has 5 nitrogen and oxygen atoms in total. The van der Waals surface area contributed by atoms with Crippen molar-refractivity contribution >= 4 is 50.8 Å². The van der Waals surface area contributed by atoms with Crippen LogP contribution in [0.15, 0.2) is 89.6 Å². The van der Waals surface area contributed by atoms with Crippen LogP contribution in [-0.2, 0) is 33.1 Å². The van der Waals surface area contributed by atoms with Crippen LogP contribution in [0.25, 0.3) is 55.7 Å². The van der Waals surface area contributed by atoms with Gasteiger partial charge in [0.1, 0.15) is 0 Å².